The van der Waals surface area contributed by atoms with Crippen LogP contribution in [-0.4, -0.2) is 56.7 Å². The maximum atomic E-state index is 12.4. The quantitative estimate of drug-likeness (QED) is 0.479. The van der Waals surface area contributed by atoms with E-state index in [1.807, 2.05) is 23.6 Å². The van der Waals surface area contributed by atoms with E-state index in [1.54, 1.807) is 0 Å². The van der Waals surface area contributed by atoms with Crippen molar-refractivity contribution in [2.45, 2.75) is 46.7 Å². The van der Waals surface area contributed by atoms with Crippen molar-refractivity contribution < 1.29 is 9.53 Å². The summed E-state index contributed by atoms with van der Waals surface area (Å²) in [4.78, 5) is 26.9. The number of fused-ring (bicyclic) bond motifs is 1. The lowest BCUT2D eigenvalue weighted by atomic mass is 9.73. The van der Waals surface area contributed by atoms with Gasteiger partial charge in [0, 0.05) is 74.5 Å². The number of aromatic nitrogens is 1. The van der Waals surface area contributed by atoms with Gasteiger partial charge in [0.2, 0.25) is 0 Å². The van der Waals surface area contributed by atoms with Crippen LogP contribution >= 0.6 is 36.2 Å². The standard InChI is InChI=1S/C26H38N4O2S.2ClH/c1-26(2,3)20-11-19(25(31)32-6)14-29(16-20)17-22-12-18-15-30(10-8-23(18)33-22)24-13-21(28(4)5)7-9-27-24;;/h7,9,12-13,19-20H,8,10-11,14-17H2,1-6H3;2*1H/t19-,20-;;/m1../s1. The molecule has 0 spiro atoms. The molecule has 196 valence electrons. The third-order valence-electron chi connectivity index (χ3n) is 7.15. The Kier molecular flexibility index (Phi) is 10.3. The summed E-state index contributed by atoms with van der Waals surface area (Å²) in [5.41, 5.74) is 2.77. The van der Waals surface area contributed by atoms with E-state index in [2.05, 4.69) is 66.7 Å². The molecule has 2 aliphatic rings. The number of esters is 1. The summed E-state index contributed by atoms with van der Waals surface area (Å²) in [6.07, 6.45) is 3.88. The molecule has 4 heterocycles. The molecule has 0 aliphatic carbocycles. The third-order valence-corrected chi connectivity index (χ3v) is 8.37. The van der Waals surface area contributed by atoms with Gasteiger partial charge < -0.3 is 14.5 Å². The molecule has 4 rings (SSSR count). The molecule has 2 atom stereocenters. The average Bonchev–Trinajstić information content (AvgIpc) is 3.19. The van der Waals surface area contributed by atoms with Gasteiger partial charge in [0.05, 0.1) is 13.0 Å². The number of nitrogens with zero attached hydrogens (tertiary/aromatic N) is 4. The van der Waals surface area contributed by atoms with Crippen molar-refractivity contribution in [1.82, 2.24) is 9.88 Å². The molecule has 35 heavy (non-hydrogen) atoms. The summed E-state index contributed by atoms with van der Waals surface area (Å²) in [5.74, 6) is 1.43. The van der Waals surface area contributed by atoms with E-state index < -0.39 is 0 Å². The summed E-state index contributed by atoms with van der Waals surface area (Å²) in [6.45, 7) is 11.5. The van der Waals surface area contributed by atoms with Crippen LogP contribution in [0, 0.1) is 17.3 Å². The molecule has 2 aromatic heterocycles. The average molecular weight is 544 g/mol. The number of anilines is 2. The predicted molar refractivity (Wildman–Crippen MR) is 150 cm³/mol. The fourth-order valence-corrected chi connectivity index (χ4v) is 6.24. The lowest BCUT2D eigenvalue weighted by molar-refractivity contribution is -0.149. The molecule has 0 amide bonds. The molecule has 0 unspecified atom stereocenters. The molecule has 9 heteroatoms. The van der Waals surface area contributed by atoms with E-state index in [0.29, 0.717) is 5.92 Å². The first-order valence-electron chi connectivity index (χ1n) is 11.9. The zero-order valence-electron chi connectivity index (χ0n) is 21.7. The lowest BCUT2D eigenvalue weighted by Crippen LogP contribution is -2.46. The molecule has 1 fully saturated rings. The fourth-order valence-electron chi connectivity index (χ4n) is 5.03. The second kappa shape index (κ2) is 12.1. The van der Waals surface area contributed by atoms with Crippen molar-refractivity contribution in [3.8, 4) is 0 Å². The van der Waals surface area contributed by atoms with Gasteiger partial charge in [-0.1, -0.05) is 20.8 Å². The van der Waals surface area contributed by atoms with Crippen LogP contribution in [0.3, 0.4) is 0 Å². The van der Waals surface area contributed by atoms with Crippen LogP contribution in [0.5, 0.6) is 0 Å². The Balaban J connectivity index is 0.00000216. The van der Waals surface area contributed by atoms with Crippen molar-refractivity contribution in [2.24, 2.45) is 17.3 Å². The van der Waals surface area contributed by atoms with Crippen molar-refractivity contribution in [2.75, 3.05) is 50.6 Å². The van der Waals surface area contributed by atoms with Gasteiger partial charge >= 0.3 is 5.97 Å². The second-order valence-corrected chi connectivity index (χ2v) is 12.0. The molecule has 2 aromatic rings. The zero-order valence-corrected chi connectivity index (χ0v) is 24.2. The summed E-state index contributed by atoms with van der Waals surface area (Å²) in [5, 5.41) is 0. The van der Waals surface area contributed by atoms with Gasteiger partial charge in [-0.25, -0.2) is 4.98 Å². The van der Waals surface area contributed by atoms with Gasteiger partial charge in [0.15, 0.2) is 0 Å². The van der Waals surface area contributed by atoms with Crippen molar-refractivity contribution in [3.05, 3.63) is 39.7 Å². The Bertz CT molecular complexity index is 992. The van der Waals surface area contributed by atoms with Crippen LogP contribution in [-0.2, 0) is 29.0 Å². The van der Waals surface area contributed by atoms with E-state index in [0.717, 1.165) is 51.4 Å². The Morgan fingerprint density at radius 3 is 2.63 bits per heavy atom. The van der Waals surface area contributed by atoms with Gasteiger partial charge in [-0.3, -0.25) is 9.69 Å². The SMILES string of the molecule is COC(=O)[C@@H]1C[C@@H](C(C)(C)C)CN(Cc2cc3c(s2)CCN(c2cc(N(C)C)ccn2)C3)C1.Cl.Cl. The van der Waals surface area contributed by atoms with E-state index in [9.17, 15) is 4.79 Å². The first-order valence-corrected chi connectivity index (χ1v) is 12.7. The predicted octanol–water partition coefficient (Wildman–Crippen LogP) is 5.27. The van der Waals surface area contributed by atoms with E-state index in [-0.39, 0.29) is 42.1 Å². The van der Waals surface area contributed by atoms with Gasteiger partial charge in [0.25, 0.3) is 0 Å². The number of carbonyl (C=O) groups is 1. The molecule has 0 saturated carbocycles. The van der Waals surface area contributed by atoms with Crippen LogP contribution in [0.4, 0.5) is 11.5 Å². The highest BCUT2D eigenvalue weighted by Gasteiger charge is 2.37. The number of pyridine rings is 1. The number of hydrogen-bond donors (Lipinski definition) is 0. The van der Waals surface area contributed by atoms with E-state index in [1.165, 1.54) is 28.1 Å². The minimum atomic E-state index is -0.0671. The maximum absolute atomic E-state index is 12.4. The minimum absolute atomic E-state index is 0. The zero-order chi connectivity index (χ0) is 23.8. The van der Waals surface area contributed by atoms with Gasteiger partial charge in [0.1, 0.15) is 5.82 Å². The van der Waals surface area contributed by atoms with Crippen LogP contribution in [0.25, 0.3) is 0 Å². The molecular formula is C26H40Cl2N4O2S. The highest BCUT2D eigenvalue weighted by molar-refractivity contribution is 7.12. The summed E-state index contributed by atoms with van der Waals surface area (Å²) in [7, 11) is 5.64. The molecular weight excluding hydrogens is 503 g/mol. The number of ether oxygens (including phenoxy) is 1. The number of thiophene rings is 1. The van der Waals surface area contributed by atoms with Crippen molar-refractivity contribution in [1.29, 1.82) is 0 Å². The number of halogens is 2. The number of likely N-dealkylation sites (tertiary alicyclic amines) is 1. The Labute approximate surface area is 226 Å². The smallest absolute Gasteiger partial charge is 0.309 e. The third kappa shape index (κ3) is 7.03. The highest BCUT2D eigenvalue weighted by atomic mass is 35.5. The van der Waals surface area contributed by atoms with Gasteiger partial charge in [-0.05, 0) is 41.9 Å². The second-order valence-electron chi connectivity index (χ2n) is 10.8. The van der Waals surface area contributed by atoms with Crippen molar-refractivity contribution >= 4 is 53.6 Å². The number of methoxy groups -OCH3 is 1. The topological polar surface area (TPSA) is 48.9 Å². The first-order chi connectivity index (χ1) is 15.6. The summed E-state index contributed by atoms with van der Waals surface area (Å²) in [6, 6.07) is 6.61. The molecule has 0 aromatic carbocycles. The number of piperidine rings is 1. The van der Waals surface area contributed by atoms with Gasteiger partial charge in [-0.2, -0.15) is 0 Å². The van der Waals surface area contributed by atoms with Gasteiger partial charge in [-0.15, -0.1) is 36.2 Å². The highest BCUT2D eigenvalue weighted by Crippen LogP contribution is 2.38. The Morgan fingerprint density at radius 1 is 1.23 bits per heavy atom. The Morgan fingerprint density at radius 2 is 1.97 bits per heavy atom. The molecule has 0 radical (unpaired) electrons. The molecule has 6 nitrogen and oxygen atoms in total. The largest absolute Gasteiger partial charge is 0.469 e. The van der Waals surface area contributed by atoms with Crippen molar-refractivity contribution in [3.63, 3.8) is 0 Å². The fraction of sp³-hybridized carbons (Fsp3) is 0.615. The minimum Gasteiger partial charge on any atom is -0.469 e. The number of rotatable bonds is 5. The normalized spacial score (nSPS) is 20.3. The molecule has 0 bridgehead atoms. The summed E-state index contributed by atoms with van der Waals surface area (Å²) < 4.78 is 5.12. The van der Waals surface area contributed by atoms with Crippen LogP contribution in [0.15, 0.2) is 24.4 Å². The van der Waals surface area contributed by atoms with E-state index >= 15 is 0 Å². The monoisotopic (exact) mass is 542 g/mol. The molecule has 0 N–H and O–H groups in total. The molecule has 2 aliphatic heterocycles. The van der Waals surface area contributed by atoms with Crippen LogP contribution < -0.4 is 9.80 Å². The van der Waals surface area contributed by atoms with E-state index in [4.69, 9.17) is 4.74 Å². The lowest BCUT2D eigenvalue weighted by Gasteiger charge is -2.42. The Hall–Kier alpha value is -1.54. The van der Waals surface area contributed by atoms with Crippen LogP contribution in [0.2, 0.25) is 0 Å². The number of carbonyl (C=O) groups excluding carboxylic acids is 1. The first kappa shape index (κ1) is 29.7. The summed E-state index contributed by atoms with van der Waals surface area (Å²) >= 11 is 1.95. The number of hydrogen-bond acceptors (Lipinski definition) is 7. The van der Waals surface area contributed by atoms with Crippen LogP contribution in [0.1, 0.15) is 42.5 Å². The molecule has 1 saturated heterocycles. The maximum Gasteiger partial charge on any atom is 0.309 e.